The van der Waals surface area contributed by atoms with Gasteiger partial charge in [-0.25, -0.2) is 0 Å². The summed E-state index contributed by atoms with van der Waals surface area (Å²) in [6.07, 6.45) is 0. The lowest BCUT2D eigenvalue weighted by Crippen LogP contribution is -2.36. The fourth-order valence-electron chi connectivity index (χ4n) is 3.36. The van der Waals surface area contributed by atoms with Gasteiger partial charge in [-0.1, -0.05) is 48.5 Å². The van der Waals surface area contributed by atoms with Gasteiger partial charge in [0.15, 0.2) is 0 Å². The Hall–Kier alpha value is -3.22. The zero-order valence-electron chi connectivity index (χ0n) is 15.9. The fraction of sp³-hybridized carbons (Fsp3) is 0.130. The highest BCUT2D eigenvalue weighted by molar-refractivity contribution is 7.10. The van der Waals surface area contributed by atoms with E-state index in [1.807, 2.05) is 48.5 Å². The van der Waals surface area contributed by atoms with E-state index in [-0.39, 0.29) is 23.5 Å². The molecular formula is C23H21N3O2S. The summed E-state index contributed by atoms with van der Waals surface area (Å²) in [5.41, 5.74) is 7.59. The average Bonchev–Trinajstić information content (AvgIpc) is 3.30. The first-order chi connectivity index (χ1) is 14.0. The maximum atomic E-state index is 11.7. The van der Waals surface area contributed by atoms with E-state index in [1.165, 1.54) is 10.4 Å². The minimum Gasteiger partial charge on any atom is -0.394 e. The standard InChI is InChI=1S/C23H21N3O2S/c1-14(15-7-3-2-4-8-15)25-20(18-11-6-12-29-18)16-9-5-10-17(13-16)26-21-19(24)22(27)23(21)28/h2-14,20,25-26H,24H2,1H3/t14-,20?/m0/s1. The molecule has 4 rings (SSSR count). The van der Waals surface area contributed by atoms with Crippen LogP contribution in [0.1, 0.15) is 35.0 Å². The van der Waals surface area contributed by atoms with Gasteiger partial charge in [0.05, 0.1) is 6.04 Å². The molecule has 0 aliphatic carbocycles. The van der Waals surface area contributed by atoms with Crippen molar-refractivity contribution in [1.82, 2.24) is 5.32 Å². The summed E-state index contributed by atoms with van der Waals surface area (Å²) < 4.78 is 0. The second-order valence-electron chi connectivity index (χ2n) is 6.94. The normalized spacial score (nSPS) is 13.3. The molecule has 0 spiro atoms. The minimum atomic E-state index is -0.626. The van der Waals surface area contributed by atoms with E-state index in [0.29, 0.717) is 0 Å². The van der Waals surface area contributed by atoms with Crippen LogP contribution in [0.25, 0.3) is 0 Å². The molecule has 0 saturated carbocycles. The average molecular weight is 404 g/mol. The van der Waals surface area contributed by atoms with E-state index >= 15 is 0 Å². The van der Waals surface area contributed by atoms with Crippen LogP contribution in [0.4, 0.5) is 17.1 Å². The summed E-state index contributed by atoms with van der Waals surface area (Å²) >= 11 is 1.69. The van der Waals surface area contributed by atoms with E-state index in [1.54, 1.807) is 11.3 Å². The van der Waals surface area contributed by atoms with Crippen molar-refractivity contribution in [2.75, 3.05) is 11.1 Å². The number of hydrogen-bond acceptors (Lipinski definition) is 6. The number of nitrogens with two attached hydrogens (primary N) is 1. The Morgan fingerprint density at radius 3 is 2.34 bits per heavy atom. The van der Waals surface area contributed by atoms with Crippen molar-refractivity contribution in [3.05, 3.63) is 109 Å². The number of rotatable bonds is 7. The molecule has 1 aromatic heterocycles. The molecule has 0 aliphatic rings. The number of thiophene rings is 1. The van der Waals surface area contributed by atoms with Gasteiger partial charge in [-0.3, -0.25) is 14.9 Å². The molecule has 3 aromatic carbocycles. The predicted molar refractivity (Wildman–Crippen MR) is 120 cm³/mol. The molecule has 0 radical (unpaired) electrons. The minimum absolute atomic E-state index is 0.00830. The smallest absolute Gasteiger partial charge is 0.253 e. The first kappa shape index (κ1) is 19.1. The van der Waals surface area contributed by atoms with Crippen molar-refractivity contribution in [2.45, 2.75) is 19.0 Å². The highest BCUT2D eigenvalue weighted by Crippen LogP contribution is 2.31. The Labute approximate surface area is 172 Å². The molecule has 4 aromatic rings. The SMILES string of the molecule is C[C@H](NC(c1cccc(Nc2c(N)c(=O)c2=O)c1)c1cccs1)c1ccccc1. The number of nitrogens with one attached hydrogen (secondary N) is 2. The Morgan fingerprint density at radius 2 is 1.66 bits per heavy atom. The topological polar surface area (TPSA) is 84.2 Å². The highest BCUT2D eigenvalue weighted by atomic mass is 32.1. The second kappa shape index (κ2) is 8.03. The number of nitrogen functional groups attached to an aromatic ring is 1. The van der Waals surface area contributed by atoms with Crippen LogP contribution in [0.2, 0.25) is 0 Å². The van der Waals surface area contributed by atoms with Crippen LogP contribution in [0.3, 0.4) is 0 Å². The van der Waals surface area contributed by atoms with E-state index < -0.39 is 10.9 Å². The fourth-order valence-corrected chi connectivity index (χ4v) is 4.17. The zero-order valence-corrected chi connectivity index (χ0v) is 16.7. The molecule has 1 unspecified atom stereocenters. The molecule has 0 bridgehead atoms. The van der Waals surface area contributed by atoms with Crippen LogP contribution >= 0.6 is 11.3 Å². The lowest BCUT2D eigenvalue weighted by atomic mass is 10.0. The van der Waals surface area contributed by atoms with Gasteiger partial charge in [0, 0.05) is 16.6 Å². The lowest BCUT2D eigenvalue weighted by Gasteiger charge is -2.24. The summed E-state index contributed by atoms with van der Waals surface area (Å²) in [7, 11) is 0. The summed E-state index contributed by atoms with van der Waals surface area (Å²) in [5, 5.41) is 8.76. The van der Waals surface area contributed by atoms with Crippen molar-refractivity contribution >= 4 is 28.4 Å². The van der Waals surface area contributed by atoms with E-state index in [4.69, 9.17) is 5.73 Å². The van der Waals surface area contributed by atoms with Crippen LogP contribution in [0.5, 0.6) is 0 Å². The van der Waals surface area contributed by atoms with Gasteiger partial charge in [-0.15, -0.1) is 11.3 Å². The van der Waals surface area contributed by atoms with Gasteiger partial charge in [-0.05, 0) is 41.6 Å². The highest BCUT2D eigenvalue weighted by Gasteiger charge is 2.21. The molecular weight excluding hydrogens is 382 g/mol. The molecule has 29 heavy (non-hydrogen) atoms. The van der Waals surface area contributed by atoms with Crippen molar-refractivity contribution in [3.8, 4) is 0 Å². The molecule has 1 heterocycles. The number of anilines is 3. The van der Waals surface area contributed by atoms with Gasteiger partial charge >= 0.3 is 0 Å². The first-order valence-electron chi connectivity index (χ1n) is 9.34. The van der Waals surface area contributed by atoms with Gasteiger partial charge in [0.1, 0.15) is 11.4 Å². The summed E-state index contributed by atoms with van der Waals surface area (Å²) in [6.45, 7) is 2.14. The van der Waals surface area contributed by atoms with Gasteiger partial charge in [-0.2, -0.15) is 0 Å². The van der Waals surface area contributed by atoms with Gasteiger partial charge < -0.3 is 11.1 Å². The first-order valence-corrected chi connectivity index (χ1v) is 10.2. The third-order valence-corrected chi connectivity index (χ3v) is 5.92. The zero-order chi connectivity index (χ0) is 20.4. The number of hydrogen-bond donors (Lipinski definition) is 3. The van der Waals surface area contributed by atoms with Crippen LogP contribution in [-0.4, -0.2) is 0 Å². The molecule has 0 amide bonds. The van der Waals surface area contributed by atoms with E-state index in [0.717, 1.165) is 11.3 Å². The molecule has 2 atom stereocenters. The molecule has 146 valence electrons. The van der Waals surface area contributed by atoms with Crippen molar-refractivity contribution in [1.29, 1.82) is 0 Å². The third-order valence-electron chi connectivity index (χ3n) is 4.98. The maximum absolute atomic E-state index is 11.7. The Bertz CT molecular complexity index is 1180. The summed E-state index contributed by atoms with van der Waals surface area (Å²) in [4.78, 5) is 24.3. The van der Waals surface area contributed by atoms with Crippen molar-refractivity contribution in [2.24, 2.45) is 0 Å². The lowest BCUT2D eigenvalue weighted by molar-refractivity contribution is 0.521. The second-order valence-corrected chi connectivity index (χ2v) is 7.92. The predicted octanol–water partition coefficient (Wildman–Crippen LogP) is 4.11. The molecule has 0 saturated heterocycles. The van der Waals surface area contributed by atoms with E-state index in [2.05, 4.69) is 41.1 Å². The van der Waals surface area contributed by atoms with Crippen LogP contribution in [0, 0.1) is 0 Å². The molecule has 4 N–H and O–H groups in total. The van der Waals surface area contributed by atoms with Crippen LogP contribution in [0.15, 0.2) is 81.7 Å². The quantitative estimate of drug-likeness (QED) is 0.405. The monoisotopic (exact) mass is 403 g/mol. The maximum Gasteiger partial charge on any atom is 0.253 e. The van der Waals surface area contributed by atoms with Crippen molar-refractivity contribution in [3.63, 3.8) is 0 Å². The van der Waals surface area contributed by atoms with Crippen molar-refractivity contribution < 1.29 is 0 Å². The molecule has 6 heteroatoms. The molecule has 0 fully saturated rings. The van der Waals surface area contributed by atoms with E-state index in [9.17, 15) is 9.59 Å². The summed E-state index contributed by atoms with van der Waals surface area (Å²) in [6, 6.07) is 22.4. The van der Waals surface area contributed by atoms with Crippen LogP contribution < -0.4 is 27.2 Å². The van der Waals surface area contributed by atoms with Crippen LogP contribution in [-0.2, 0) is 0 Å². The van der Waals surface area contributed by atoms with Gasteiger partial charge in [0.2, 0.25) is 0 Å². The number of benzene rings is 2. The molecule has 0 aliphatic heterocycles. The molecule has 5 nitrogen and oxygen atoms in total. The third kappa shape index (κ3) is 3.85. The summed E-state index contributed by atoms with van der Waals surface area (Å²) in [5.74, 6) is 0. The Kier molecular flexibility index (Phi) is 5.29. The largest absolute Gasteiger partial charge is 0.394 e. The Morgan fingerprint density at radius 1 is 0.897 bits per heavy atom. The van der Waals surface area contributed by atoms with Gasteiger partial charge in [0.25, 0.3) is 10.9 Å². The Balaban J connectivity index is 1.63.